The molecule has 2 aliphatic rings. The number of amides is 1. The lowest BCUT2D eigenvalue weighted by Gasteiger charge is -2.28. The Balaban J connectivity index is 1.38. The van der Waals surface area contributed by atoms with Gasteiger partial charge in [0.25, 0.3) is 0 Å². The fraction of sp³-hybridized carbons (Fsp3) is 0.533. The fourth-order valence-electron chi connectivity index (χ4n) is 5.75. The van der Waals surface area contributed by atoms with Crippen molar-refractivity contribution >= 4 is 11.9 Å². The van der Waals surface area contributed by atoms with E-state index in [0.717, 1.165) is 50.3 Å². The summed E-state index contributed by atoms with van der Waals surface area (Å²) in [6.07, 6.45) is 7.75. The van der Waals surface area contributed by atoms with Gasteiger partial charge >= 0.3 is 5.97 Å². The van der Waals surface area contributed by atoms with Gasteiger partial charge in [-0.25, -0.2) is 0 Å². The van der Waals surface area contributed by atoms with Gasteiger partial charge in [-0.2, -0.15) is 0 Å². The molecular formula is C30H40N2O3. The van der Waals surface area contributed by atoms with Crippen molar-refractivity contribution < 1.29 is 14.3 Å². The number of benzene rings is 2. The Morgan fingerprint density at radius 2 is 1.66 bits per heavy atom. The second kappa shape index (κ2) is 11.9. The first-order valence-corrected chi connectivity index (χ1v) is 13.4. The van der Waals surface area contributed by atoms with Crippen LogP contribution in [0.1, 0.15) is 69.9 Å². The number of carbonyl (C=O) groups is 2. The SMILES string of the molecule is CCOC(=O)CCNC(=O)C1(c2ccc(-c3ccc(CCN4CCC[C@H]4C)cc3)cc2)CCCC1. The number of nitrogens with zero attached hydrogens (tertiary/aromatic N) is 1. The Morgan fingerprint density at radius 3 is 2.26 bits per heavy atom. The summed E-state index contributed by atoms with van der Waals surface area (Å²) in [5, 5.41) is 3.00. The van der Waals surface area contributed by atoms with E-state index in [4.69, 9.17) is 4.74 Å². The summed E-state index contributed by atoms with van der Waals surface area (Å²) < 4.78 is 4.97. The number of hydrogen-bond donors (Lipinski definition) is 1. The maximum absolute atomic E-state index is 13.2. The molecule has 1 N–H and O–H groups in total. The van der Waals surface area contributed by atoms with Crippen LogP contribution in [0.3, 0.4) is 0 Å². The molecule has 1 saturated heterocycles. The number of rotatable bonds is 10. The summed E-state index contributed by atoms with van der Waals surface area (Å²) in [4.78, 5) is 27.4. The lowest BCUT2D eigenvalue weighted by molar-refractivity contribution is -0.143. The van der Waals surface area contributed by atoms with Crippen molar-refractivity contribution in [3.8, 4) is 11.1 Å². The molecule has 5 nitrogen and oxygen atoms in total. The van der Waals surface area contributed by atoms with Crippen molar-refractivity contribution in [3.63, 3.8) is 0 Å². The molecule has 2 aromatic carbocycles. The van der Waals surface area contributed by atoms with E-state index in [9.17, 15) is 9.59 Å². The average Bonchev–Trinajstić information content (AvgIpc) is 3.53. The van der Waals surface area contributed by atoms with Crippen LogP contribution in [0.5, 0.6) is 0 Å². The molecule has 0 radical (unpaired) electrons. The van der Waals surface area contributed by atoms with Gasteiger partial charge in [0.2, 0.25) is 5.91 Å². The zero-order valence-electron chi connectivity index (χ0n) is 21.4. The van der Waals surface area contributed by atoms with Crippen LogP contribution in [0, 0.1) is 0 Å². The molecule has 5 heteroatoms. The number of carbonyl (C=O) groups excluding carboxylic acids is 2. The molecule has 0 bridgehead atoms. The van der Waals surface area contributed by atoms with Gasteiger partial charge in [0.15, 0.2) is 0 Å². The summed E-state index contributed by atoms with van der Waals surface area (Å²) in [5.74, 6) is -0.238. The third-order valence-corrected chi connectivity index (χ3v) is 7.91. The third-order valence-electron chi connectivity index (χ3n) is 7.91. The summed E-state index contributed by atoms with van der Waals surface area (Å²) in [5.41, 5.74) is 4.33. The minimum atomic E-state index is -0.496. The van der Waals surface area contributed by atoms with Gasteiger partial charge in [-0.05, 0) is 74.8 Å². The van der Waals surface area contributed by atoms with E-state index >= 15 is 0 Å². The van der Waals surface area contributed by atoms with Gasteiger partial charge in [0.1, 0.15) is 0 Å². The Bertz CT molecular complexity index is 978. The van der Waals surface area contributed by atoms with Crippen LogP contribution in [0.15, 0.2) is 48.5 Å². The van der Waals surface area contributed by atoms with E-state index in [0.29, 0.717) is 13.2 Å². The minimum absolute atomic E-state index is 0.0312. The van der Waals surface area contributed by atoms with E-state index in [1.807, 2.05) is 0 Å². The van der Waals surface area contributed by atoms with Crippen molar-refractivity contribution in [2.75, 3.05) is 26.2 Å². The quantitative estimate of drug-likeness (QED) is 0.475. The molecule has 4 rings (SSSR count). The van der Waals surface area contributed by atoms with Gasteiger partial charge in [-0.1, -0.05) is 61.4 Å². The molecule has 2 aromatic rings. The summed E-state index contributed by atoms with van der Waals surface area (Å²) in [6.45, 7) is 7.18. The molecule has 35 heavy (non-hydrogen) atoms. The molecule has 2 fully saturated rings. The normalized spacial score (nSPS) is 19.5. The first-order chi connectivity index (χ1) is 17.0. The first-order valence-electron chi connectivity index (χ1n) is 13.4. The van der Waals surface area contributed by atoms with Gasteiger partial charge in [-0.15, -0.1) is 0 Å². The van der Waals surface area contributed by atoms with Crippen LogP contribution in [0.2, 0.25) is 0 Å². The molecular weight excluding hydrogens is 436 g/mol. The Labute approximate surface area is 210 Å². The van der Waals surface area contributed by atoms with E-state index in [1.54, 1.807) is 6.92 Å². The summed E-state index contributed by atoms with van der Waals surface area (Å²) in [7, 11) is 0. The Morgan fingerprint density at radius 1 is 1.00 bits per heavy atom. The van der Waals surface area contributed by atoms with Gasteiger partial charge in [-0.3, -0.25) is 9.59 Å². The second-order valence-corrected chi connectivity index (χ2v) is 10.2. The van der Waals surface area contributed by atoms with Crippen LogP contribution in [0.25, 0.3) is 11.1 Å². The zero-order chi connectivity index (χ0) is 24.7. The molecule has 0 aromatic heterocycles. The Hall–Kier alpha value is -2.66. The van der Waals surface area contributed by atoms with E-state index in [-0.39, 0.29) is 18.3 Å². The van der Waals surface area contributed by atoms with Crippen molar-refractivity contribution in [1.29, 1.82) is 0 Å². The molecule has 1 saturated carbocycles. The smallest absolute Gasteiger partial charge is 0.307 e. The highest BCUT2D eigenvalue weighted by molar-refractivity contribution is 5.89. The molecule has 0 unspecified atom stereocenters. The maximum Gasteiger partial charge on any atom is 0.307 e. The molecule has 0 spiro atoms. The molecule has 188 valence electrons. The predicted molar refractivity (Wildman–Crippen MR) is 140 cm³/mol. The van der Waals surface area contributed by atoms with Crippen LogP contribution < -0.4 is 5.32 Å². The van der Waals surface area contributed by atoms with Gasteiger partial charge in [0, 0.05) is 19.1 Å². The number of ether oxygens (including phenoxy) is 1. The lowest BCUT2D eigenvalue weighted by atomic mass is 9.77. The van der Waals surface area contributed by atoms with E-state index in [1.165, 1.54) is 36.1 Å². The monoisotopic (exact) mass is 476 g/mol. The largest absolute Gasteiger partial charge is 0.466 e. The number of hydrogen-bond acceptors (Lipinski definition) is 4. The molecule has 1 aliphatic carbocycles. The van der Waals surface area contributed by atoms with Crippen LogP contribution in [-0.2, 0) is 26.2 Å². The second-order valence-electron chi connectivity index (χ2n) is 10.2. The van der Waals surface area contributed by atoms with Crippen molar-refractivity contribution in [1.82, 2.24) is 10.2 Å². The molecule has 1 atom stereocenters. The first kappa shape index (κ1) is 25.4. The maximum atomic E-state index is 13.2. The highest BCUT2D eigenvalue weighted by Gasteiger charge is 2.42. The molecule has 1 heterocycles. The third kappa shape index (κ3) is 6.13. The zero-order valence-corrected chi connectivity index (χ0v) is 21.4. The Kier molecular flexibility index (Phi) is 8.61. The summed E-state index contributed by atoms with van der Waals surface area (Å²) in [6, 6.07) is 18.2. The number of esters is 1. The predicted octanol–water partition coefficient (Wildman–Crippen LogP) is 5.26. The number of likely N-dealkylation sites (tertiary alicyclic amines) is 1. The van der Waals surface area contributed by atoms with E-state index in [2.05, 4.69) is 65.7 Å². The van der Waals surface area contributed by atoms with Gasteiger partial charge < -0.3 is 15.0 Å². The minimum Gasteiger partial charge on any atom is -0.466 e. The van der Waals surface area contributed by atoms with Crippen molar-refractivity contribution in [2.24, 2.45) is 0 Å². The number of nitrogens with one attached hydrogen (secondary N) is 1. The van der Waals surface area contributed by atoms with Crippen LogP contribution >= 0.6 is 0 Å². The molecule has 1 aliphatic heterocycles. The van der Waals surface area contributed by atoms with Crippen molar-refractivity contribution in [2.45, 2.75) is 76.7 Å². The van der Waals surface area contributed by atoms with Crippen LogP contribution in [-0.4, -0.2) is 49.1 Å². The van der Waals surface area contributed by atoms with E-state index < -0.39 is 5.41 Å². The highest BCUT2D eigenvalue weighted by atomic mass is 16.5. The van der Waals surface area contributed by atoms with Crippen molar-refractivity contribution in [3.05, 3.63) is 59.7 Å². The fourth-order valence-corrected chi connectivity index (χ4v) is 5.75. The molecule has 1 amide bonds. The standard InChI is InChI=1S/C30H40N2O3/c1-3-35-28(33)16-20-31-29(34)30(18-4-5-19-30)27-14-12-26(13-15-27)25-10-8-24(9-11-25)17-22-32-21-6-7-23(32)2/h8-15,23H,3-7,16-22H2,1-2H3,(H,31,34)/t23-/m1/s1. The highest BCUT2D eigenvalue weighted by Crippen LogP contribution is 2.42. The summed E-state index contributed by atoms with van der Waals surface area (Å²) >= 11 is 0. The van der Waals surface area contributed by atoms with Gasteiger partial charge in [0.05, 0.1) is 18.4 Å². The van der Waals surface area contributed by atoms with Crippen LogP contribution in [0.4, 0.5) is 0 Å². The average molecular weight is 477 g/mol. The topological polar surface area (TPSA) is 58.6 Å². The lowest BCUT2D eigenvalue weighted by Crippen LogP contribution is -2.43.